The fourth-order valence-electron chi connectivity index (χ4n) is 20.5. The van der Waals surface area contributed by atoms with Crippen LogP contribution in [0.4, 0.5) is 0 Å². The largest absolute Gasteiger partial charge is 0.481 e. The molecule has 2 aromatic heterocycles. The second-order valence-electron chi connectivity index (χ2n) is 27.5. The molecule has 77 heavy (non-hydrogen) atoms. The monoisotopic (exact) mass is 1070 g/mol. The zero-order valence-corrected chi connectivity index (χ0v) is 45.9. The van der Waals surface area contributed by atoms with E-state index in [0.29, 0.717) is 70.6 Å². The van der Waals surface area contributed by atoms with Crippen molar-refractivity contribution in [2.24, 2.45) is 85.1 Å². The highest BCUT2D eigenvalue weighted by Gasteiger charge is 2.78. The second kappa shape index (κ2) is 20.3. The van der Waals surface area contributed by atoms with Crippen LogP contribution in [0.3, 0.4) is 0 Å². The summed E-state index contributed by atoms with van der Waals surface area (Å²) in [5.41, 5.74) is 3.83. The van der Waals surface area contributed by atoms with Crippen molar-refractivity contribution in [1.82, 2.24) is 25.3 Å². The van der Waals surface area contributed by atoms with Gasteiger partial charge in [-0.1, -0.05) is 65.0 Å². The van der Waals surface area contributed by atoms with Crippen LogP contribution in [0.1, 0.15) is 161 Å². The Balaban J connectivity index is 1.13. The second-order valence-corrected chi connectivity index (χ2v) is 27.5. The number of allylic oxidation sites excluding steroid dienone is 2. The van der Waals surface area contributed by atoms with Gasteiger partial charge in [0.25, 0.3) is 0 Å². The highest BCUT2D eigenvalue weighted by Crippen LogP contribution is 2.81. The maximum atomic E-state index is 15.2. The highest BCUT2D eigenvalue weighted by molar-refractivity contribution is 5.86. The van der Waals surface area contributed by atoms with Crippen molar-refractivity contribution in [3.63, 3.8) is 0 Å². The van der Waals surface area contributed by atoms with E-state index in [0.717, 1.165) is 56.3 Å². The number of hydrogen-bond acceptors (Lipinski definition) is 14. The van der Waals surface area contributed by atoms with Gasteiger partial charge in [0.2, 0.25) is 5.91 Å². The van der Waals surface area contributed by atoms with Crippen molar-refractivity contribution in [2.75, 3.05) is 19.8 Å². The number of rotatable bonds is 15. The molecule has 2 saturated heterocycles. The Morgan fingerprint density at radius 3 is 2.23 bits per heavy atom. The van der Waals surface area contributed by atoms with E-state index in [4.69, 9.17) is 15.2 Å². The summed E-state index contributed by atoms with van der Waals surface area (Å²) in [5.74, 6) is -2.73. The number of aliphatic carboxylic acids is 1. The number of carboxylic acids is 1. The number of nitrogens with zero attached hydrogens (tertiary/aromatic N) is 2. The Kier molecular flexibility index (Phi) is 14.7. The summed E-state index contributed by atoms with van der Waals surface area (Å²) in [6.45, 7) is 8.31. The number of carbonyl (C=O) groups is 2. The lowest BCUT2D eigenvalue weighted by molar-refractivity contribution is -0.350. The number of ether oxygens (including phenoxy) is 2. The van der Waals surface area contributed by atoms with Gasteiger partial charge in [0, 0.05) is 47.8 Å². The molecule has 7 aliphatic carbocycles. The molecule has 11 rings (SSSR count). The van der Waals surface area contributed by atoms with Gasteiger partial charge >= 0.3 is 5.97 Å². The lowest BCUT2D eigenvalue weighted by Gasteiger charge is -2.76. The summed E-state index contributed by atoms with van der Waals surface area (Å²) in [6.07, 6.45) is 12.6. The normalized spacial score (nSPS) is 46.4. The van der Waals surface area contributed by atoms with Crippen LogP contribution in [0, 0.1) is 79.3 Å². The van der Waals surface area contributed by atoms with E-state index in [-0.39, 0.29) is 73.6 Å². The van der Waals surface area contributed by atoms with Crippen molar-refractivity contribution in [3.05, 3.63) is 48.1 Å². The van der Waals surface area contributed by atoms with E-state index in [1.54, 1.807) is 18.9 Å². The molecular formula is C59H90N6O12. The van der Waals surface area contributed by atoms with E-state index >= 15 is 4.79 Å². The minimum absolute atomic E-state index is 0.00166. The number of imidazole rings is 2. The Morgan fingerprint density at radius 1 is 0.857 bits per heavy atom. The number of nitrogens with two attached hydrogens (primary N) is 1. The Hall–Kier alpha value is -3.30. The molecule has 6 saturated carbocycles. The molecule has 8 fully saturated rings. The van der Waals surface area contributed by atoms with Crippen molar-refractivity contribution >= 4 is 11.9 Å². The quantitative estimate of drug-likeness (QED) is 0.0646. The first-order chi connectivity index (χ1) is 36.7. The number of amides is 1. The minimum atomic E-state index is -1.65. The number of H-pyrrole nitrogens is 2. The summed E-state index contributed by atoms with van der Waals surface area (Å²) < 4.78 is 12.9. The predicted octanol–water partition coefficient (Wildman–Crippen LogP) is 4.83. The topological polar surface area (TPSA) is 310 Å². The van der Waals surface area contributed by atoms with Crippen LogP contribution in [-0.4, -0.2) is 142 Å². The number of nitrogens with one attached hydrogen (secondary N) is 3. The zero-order chi connectivity index (χ0) is 54.7. The maximum absolute atomic E-state index is 15.2. The van der Waals surface area contributed by atoms with Crippen molar-refractivity contribution in [3.8, 4) is 0 Å². The number of aromatic amines is 2. The average molecular weight is 1080 g/mol. The van der Waals surface area contributed by atoms with Crippen molar-refractivity contribution in [1.29, 1.82) is 0 Å². The molecule has 1 spiro atoms. The lowest BCUT2D eigenvalue weighted by Crippen LogP contribution is -2.75. The van der Waals surface area contributed by atoms with Crippen molar-refractivity contribution < 1.29 is 59.9 Å². The van der Waals surface area contributed by atoms with Gasteiger partial charge in [0.05, 0.1) is 48.9 Å². The molecule has 13 N–H and O–H groups in total. The Morgan fingerprint density at radius 2 is 1.58 bits per heavy atom. The van der Waals surface area contributed by atoms with Crippen LogP contribution >= 0.6 is 0 Å². The van der Waals surface area contributed by atoms with Crippen molar-refractivity contribution in [2.45, 2.75) is 205 Å². The molecule has 0 unspecified atom stereocenters. The first-order valence-electron chi connectivity index (χ1n) is 29.5. The first-order valence-corrected chi connectivity index (χ1v) is 29.5. The number of aromatic nitrogens is 4. The predicted molar refractivity (Wildman–Crippen MR) is 282 cm³/mol. The molecule has 18 heteroatoms. The fourth-order valence-corrected chi connectivity index (χ4v) is 20.5. The van der Waals surface area contributed by atoms with Gasteiger partial charge < -0.3 is 71.3 Å². The molecule has 2 aromatic rings. The van der Waals surface area contributed by atoms with Crippen LogP contribution < -0.4 is 11.1 Å². The average Bonchev–Trinajstić information content (AvgIpc) is 4.39. The van der Waals surface area contributed by atoms with E-state index in [2.05, 4.69) is 52.1 Å². The number of aliphatic hydroxyl groups excluding tert-OH is 7. The Bertz CT molecular complexity index is 2470. The number of carboxylic acid groups (broad SMARTS) is 1. The standard InChI is InChI=1S/C59H90N6O12/c1-53(28-66)19-20-58(52(74)75)23-33(21-34-25-61-30-63-34)56(4)36(39(58)24-53)12-13-43-55(56,3)18-15-42-54(2,29-67)49(77-50-48(72)47(71)41(68)27-76-50)46(70)38(59(42,43)32-9-5-6-10-32)22-37-45(65-51(73)57(37)16-7-8-17-57)35(11-14-44(60)69)40-26-62-31-64-40/h12,25-26,30-33,35,37-39,41-50,66-72H,5-11,13-24,27-29,60H2,1-4H3,(H,61,63)(H,62,64)(H,65,73)(H,74,75)/t33-,35+,37-,38-,39-,41+,42+,43-,44-,45+,46+,47-,48+,49+,50-,53-,54-,55+,56+,58-,59-/m0/s1. The summed E-state index contributed by atoms with van der Waals surface area (Å²) in [5, 5.41) is 96.4. The number of carbonyl (C=O) groups excluding carboxylic acids is 1. The summed E-state index contributed by atoms with van der Waals surface area (Å²) >= 11 is 0. The van der Waals surface area contributed by atoms with Gasteiger partial charge in [-0.15, -0.1) is 0 Å². The molecular weight excluding hydrogens is 985 g/mol. The third-order valence-electron chi connectivity index (χ3n) is 24.4. The molecule has 18 nitrogen and oxygen atoms in total. The summed E-state index contributed by atoms with van der Waals surface area (Å²) in [4.78, 5) is 45.0. The van der Waals surface area contributed by atoms with E-state index in [1.165, 1.54) is 5.57 Å². The molecule has 4 heterocycles. The minimum Gasteiger partial charge on any atom is -0.481 e. The van der Waals surface area contributed by atoms with Gasteiger partial charge in [-0.25, -0.2) is 9.97 Å². The van der Waals surface area contributed by atoms with Crippen LogP contribution in [-0.2, 0) is 25.5 Å². The summed E-state index contributed by atoms with van der Waals surface area (Å²) in [6, 6.07) is -0.435. The van der Waals surface area contributed by atoms with E-state index < -0.39 is 98.9 Å². The van der Waals surface area contributed by atoms with Gasteiger partial charge in [-0.2, -0.15) is 0 Å². The number of hydrogen-bond donors (Lipinski definition) is 12. The fraction of sp³-hybridized carbons (Fsp3) is 0.831. The lowest BCUT2D eigenvalue weighted by atomic mass is 9.28. The number of fused-ring (bicyclic) bond motifs is 7. The smallest absolute Gasteiger partial charge is 0.310 e. The van der Waals surface area contributed by atoms with E-state index in [1.807, 2.05) is 13.1 Å². The molecule has 2 aliphatic heterocycles. The van der Waals surface area contributed by atoms with Gasteiger partial charge in [-0.3, -0.25) is 9.59 Å². The molecule has 0 bridgehead atoms. The van der Waals surface area contributed by atoms with Gasteiger partial charge in [-0.05, 0) is 159 Å². The molecule has 9 aliphatic rings. The molecule has 21 atom stereocenters. The first kappa shape index (κ1) is 55.6. The third kappa shape index (κ3) is 8.26. The molecule has 428 valence electrons. The SMILES string of the molecule is C[C@]1(CO)CC[C@]2(C(=O)O)C[C@H](Cc3cnc[nH]3)[C@]3(C)C(=CC[C@@H]4[C@]5(C6CCCC6)[C@H](CC[C@]43C)[C@](C)(CO)[C@H](O[C@@H]3OC[C@@H](O)[C@H](O)[C@H]3O)[C@H](O)[C@@H]5C[C@H]3[C@@H]([C@H](CC[C@@H](N)O)c4cnc[nH]4)NC(=O)C34CCCC4)[C@@H]2C1. The third-order valence-corrected chi connectivity index (χ3v) is 24.4. The van der Waals surface area contributed by atoms with Crippen LogP contribution in [0.25, 0.3) is 0 Å². The van der Waals surface area contributed by atoms with Gasteiger partial charge in [0.15, 0.2) is 6.29 Å². The highest BCUT2D eigenvalue weighted by atomic mass is 16.7. The molecule has 1 amide bonds. The summed E-state index contributed by atoms with van der Waals surface area (Å²) in [7, 11) is 0. The maximum Gasteiger partial charge on any atom is 0.310 e. The molecule has 0 radical (unpaired) electrons. The number of aliphatic hydroxyl groups is 7. The van der Waals surface area contributed by atoms with Gasteiger partial charge in [0.1, 0.15) is 24.5 Å². The molecule has 0 aromatic carbocycles. The van der Waals surface area contributed by atoms with Crippen LogP contribution in [0.2, 0.25) is 0 Å². The van der Waals surface area contributed by atoms with E-state index in [9.17, 15) is 45.6 Å². The Labute approximate surface area is 453 Å². The zero-order valence-electron chi connectivity index (χ0n) is 45.9. The van der Waals surface area contributed by atoms with Crippen LogP contribution in [0.5, 0.6) is 0 Å². The van der Waals surface area contributed by atoms with Crippen LogP contribution in [0.15, 0.2) is 36.7 Å².